The van der Waals surface area contributed by atoms with Gasteiger partial charge in [-0.1, -0.05) is 34.4 Å². The summed E-state index contributed by atoms with van der Waals surface area (Å²) in [5, 5.41) is 9.55. The third kappa shape index (κ3) is 3.14. The molecule has 0 saturated carbocycles. The number of nitrogens with one attached hydrogen (secondary N) is 1. The van der Waals surface area contributed by atoms with Gasteiger partial charge in [0.1, 0.15) is 5.76 Å². The minimum Gasteiger partial charge on any atom is -0.361 e. The molecule has 0 spiro atoms. The summed E-state index contributed by atoms with van der Waals surface area (Å²) in [6, 6.07) is 6.80. The quantitative estimate of drug-likeness (QED) is 0.742. The molecule has 1 aromatic carbocycles. The van der Waals surface area contributed by atoms with E-state index in [1.54, 1.807) is 25.1 Å². The second kappa shape index (κ2) is 6.08. The van der Waals surface area contributed by atoms with Gasteiger partial charge in [-0.05, 0) is 19.1 Å². The second-order valence-corrected chi connectivity index (χ2v) is 6.12. The van der Waals surface area contributed by atoms with Gasteiger partial charge in [0.25, 0.3) is 5.91 Å². The lowest BCUT2D eigenvalue weighted by Gasteiger charge is -2.00. The molecule has 5 nitrogen and oxygen atoms in total. The van der Waals surface area contributed by atoms with Crippen LogP contribution in [-0.2, 0) is 0 Å². The molecule has 0 atom stereocenters. The summed E-state index contributed by atoms with van der Waals surface area (Å²) >= 11 is 13.2. The number of rotatable bonds is 3. The van der Waals surface area contributed by atoms with E-state index >= 15 is 0 Å². The third-order valence-electron chi connectivity index (χ3n) is 2.80. The van der Waals surface area contributed by atoms with E-state index in [9.17, 15) is 4.79 Å². The van der Waals surface area contributed by atoms with E-state index in [4.69, 9.17) is 27.7 Å². The van der Waals surface area contributed by atoms with E-state index in [-0.39, 0.29) is 11.6 Å². The van der Waals surface area contributed by atoms with Gasteiger partial charge in [-0.15, -0.1) is 11.3 Å². The van der Waals surface area contributed by atoms with Gasteiger partial charge in [0, 0.05) is 17.0 Å². The van der Waals surface area contributed by atoms with Gasteiger partial charge in [-0.2, -0.15) is 0 Å². The molecule has 0 unspecified atom stereocenters. The van der Waals surface area contributed by atoms with Gasteiger partial charge >= 0.3 is 0 Å². The first-order valence-electron chi connectivity index (χ1n) is 6.18. The maximum Gasteiger partial charge on any atom is 0.279 e. The maximum absolute atomic E-state index is 12.0. The van der Waals surface area contributed by atoms with Crippen LogP contribution in [0.2, 0.25) is 10.0 Å². The Bertz CT molecular complexity index is 844. The molecule has 0 bridgehead atoms. The molecule has 0 fully saturated rings. The lowest BCUT2D eigenvalue weighted by Crippen LogP contribution is -2.11. The van der Waals surface area contributed by atoms with Crippen LogP contribution < -0.4 is 5.32 Å². The Labute approximate surface area is 139 Å². The zero-order chi connectivity index (χ0) is 15.7. The maximum atomic E-state index is 12.0. The molecule has 1 N–H and O–H groups in total. The van der Waals surface area contributed by atoms with Crippen LogP contribution in [0, 0.1) is 6.92 Å². The molecule has 0 aliphatic carbocycles. The van der Waals surface area contributed by atoms with Crippen LogP contribution in [0.25, 0.3) is 11.3 Å². The number of carbonyl (C=O) groups excluding carboxylic acids is 1. The van der Waals surface area contributed by atoms with Crippen LogP contribution >= 0.6 is 34.5 Å². The van der Waals surface area contributed by atoms with Crippen LogP contribution in [0.4, 0.5) is 5.13 Å². The molecule has 2 heterocycles. The SMILES string of the molecule is Cc1cc(C(=O)Nc2nc(-c3ccc(Cl)c(Cl)c3)cs2)no1. The van der Waals surface area contributed by atoms with Gasteiger partial charge in [-0.25, -0.2) is 4.98 Å². The Kier molecular flexibility index (Phi) is 4.15. The van der Waals surface area contributed by atoms with Crippen LogP contribution in [0.3, 0.4) is 0 Å². The van der Waals surface area contributed by atoms with Crippen LogP contribution in [0.1, 0.15) is 16.2 Å². The Morgan fingerprint density at radius 2 is 2.09 bits per heavy atom. The van der Waals surface area contributed by atoms with Gasteiger partial charge in [0.2, 0.25) is 0 Å². The molecule has 112 valence electrons. The topological polar surface area (TPSA) is 68.0 Å². The molecule has 3 aromatic rings. The number of hydrogen-bond acceptors (Lipinski definition) is 5. The van der Waals surface area contributed by atoms with Crippen molar-refractivity contribution in [3.63, 3.8) is 0 Å². The van der Waals surface area contributed by atoms with E-state index in [0.717, 1.165) is 5.56 Å². The first-order valence-corrected chi connectivity index (χ1v) is 7.82. The van der Waals surface area contributed by atoms with Crippen molar-refractivity contribution >= 4 is 45.6 Å². The lowest BCUT2D eigenvalue weighted by atomic mass is 10.2. The monoisotopic (exact) mass is 353 g/mol. The zero-order valence-corrected chi connectivity index (χ0v) is 13.6. The van der Waals surface area contributed by atoms with E-state index in [0.29, 0.717) is 26.6 Å². The number of hydrogen-bond donors (Lipinski definition) is 1. The zero-order valence-electron chi connectivity index (χ0n) is 11.3. The van der Waals surface area contributed by atoms with Crippen molar-refractivity contribution in [3.05, 3.63) is 51.1 Å². The first kappa shape index (κ1) is 15.0. The fraction of sp³-hybridized carbons (Fsp3) is 0.0714. The Morgan fingerprint density at radius 3 is 2.77 bits per heavy atom. The number of carbonyl (C=O) groups is 1. The molecule has 0 saturated heterocycles. The lowest BCUT2D eigenvalue weighted by molar-refractivity contribution is 0.101. The largest absolute Gasteiger partial charge is 0.361 e. The molecule has 0 aliphatic rings. The highest BCUT2D eigenvalue weighted by Crippen LogP contribution is 2.30. The molecule has 2 aromatic heterocycles. The normalized spacial score (nSPS) is 10.7. The van der Waals surface area contributed by atoms with Crippen molar-refractivity contribution in [2.75, 3.05) is 5.32 Å². The average molecular weight is 354 g/mol. The van der Waals surface area contributed by atoms with E-state index < -0.39 is 0 Å². The number of thiazole rings is 1. The third-order valence-corrected chi connectivity index (χ3v) is 4.30. The predicted octanol–water partition coefficient (Wildman–Crippen LogP) is 4.67. The Balaban J connectivity index is 1.78. The van der Waals surface area contributed by atoms with Crippen molar-refractivity contribution in [2.45, 2.75) is 6.92 Å². The van der Waals surface area contributed by atoms with Crippen molar-refractivity contribution in [3.8, 4) is 11.3 Å². The molecule has 0 radical (unpaired) electrons. The summed E-state index contributed by atoms with van der Waals surface area (Å²) in [6.45, 7) is 1.72. The summed E-state index contributed by atoms with van der Waals surface area (Å²) in [4.78, 5) is 16.3. The summed E-state index contributed by atoms with van der Waals surface area (Å²) in [7, 11) is 0. The van der Waals surface area contributed by atoms with Crippen LogP contribution in [0.15, 0.2) is 34.2 Å². The number of benzene rings is 1. The summed E-state index contributed by atoms with van der Waals surface area (Å²) in [5.41, 5.74) is 1.74. The number of nitrogens with zero attached hydrogens (tertiary/aromatic N) is 2. The molecule has 22 heavy (non-hydrogen) atoms. The molecular formula is C14H9Cl2N3O2S. The minimum atomic E-state index is -0.369. The van der Waals surface area contributed by atoms with E-state index in [1.807, 2.05) is 11.4 Å². The minimum absolute atomic E-state index is 0.212. The molecule has 0 aliphatic heterocycles. The molecular weight excluding hydrogens is 345 g/mol. The standard InChI is InChI=1S/C14H9Cl2N3O2S/c1-7-4-11(19-21-7)13(20)18-14-17-12(6-22-14)8-2-3-9(15)10(16)5-8/h2-6H,1H3,(H,17,18,20). The van der Waals surface area contributed by atoms with Crippen LogP contribution in [0.5, 0.6) is 0 Å². The van der Waals surface area contributed by atoms with Crippen molar-refractivity contribution in [1.29, 1.82) is 0 Å². The number of halogens is 2. The van der Waals surface area contributed by atoms with E-state index in [1.165, 1.54) is 11.3 Å². The average Bonchev–Trinajstić information content (AvgIpc) is 3.11. The molecule has 1 amide bonds. The van der Waals surface area contributed by atoms with Gasteiger partial charge in [0.05, 0.1) is 15.7 Å². The Morgan fingerprint density at radius 1 is 1.27 bits per heavy atom. The van der Waals surface area contributed by atoms with Gasteiger partial charge < -0.3 is 4.52 Å². The number of anilines is 1. The van der Waals surface area contributed by atoms with Crippen molar-refractivity contribution in [2.24, 2.45) is 0 Å². The summed E-state index contributed by atoms with van der Waals surface area (Å²) in [6.07, 6.45) is 0. The second-order valence-electron chi connectivity index (χ2n) is 4.44. The molecule has 3 rings (SSSR count). The fourth-order valence-electron chi connectivity index (χ4n) is 1.75. The molecule has 8 heteroatoms. The predicted molar refractivity (Wildman–Crippen MR) is 86.8 cm³/mol. The van der Waals surface area contributed by atoms with Gasteiger partial charge in [-0.3, -0.25) is 10.1 Å². The highest BCUT2D eigenvalue weighted by molar-refractivity contribution is 7.14. The van der Waals surface area contributed by atoms with E-state index in [2.05, 4.69) is 15.5 Å². The van der Waals surface area contributed by atoms with Crippen molar-refractivity contribution in [1.82, 2.24) is 10.1 Å². The van der Waals surface area contributed by atoms with Crippen molar-refractivity contribution < 1.29 is 9.32 Å². The highest BCUT2D eigenvalue weighted by Gasteiger charge is 2.14. The van der Waals surface area contributed by atoms with Gasteiger partial charge in [0.15, 0.2) is 10.8 Å². The number of amides is 1. The Hall–Kier alpha value is -1.89. The number of aryl methyl sites for hydroxylation is 1. The summed E-state index contributed by atoms with van der Waals surface area (Å²) in [5.74, 6) is 0.202. The fourth-order valence-corrected chi connectivity index (χ4v) is 2.77. The first-order chi connectivity index (χ1) is 10.5. The number of aromatic nitrogens is 2. The van der Waals surface area contributed by atoms with Crippen LogP contribution in [-0.4, -0.2) is 16.0 Å². The smallest absolute Gasteiger partial charge is 0.279 e. The summed E-state index contributed by atoms with van der Waals surface area (Å²) < 4.78 is 4.87. The highest BCUT2D eigenvalue weighted by atomic mass is 35.5.